The molecule has 0 bridgehead atoms. The average Bonchev–Trinajstić information content (AvgIpc) is 4.05. The molecule has 5 aromatic rings. The van der Waals surface area contributed by atoms with Crippen molar-refractivity contribution in [3.63, 3.8) is 0 Å². The van der Waals surface area contributed by atoms with Crippen molar-refractivity contribution in [2.45, 2.75) is 91.2 Å². The number of carbonyl (C=O) groups is 3. The fourth-order valence-corrected chi connectivity index (χ4v) is 10.0. The number of aliphatic hydroxyl groups is 2. The van der Waals surface area contributed by atoms with Gasteiger partial charge in [-0.1, -0.05) is 70.2 Å². The van der Waals surface area contributed by atoms with E-state index in [4.69, 9.17) is 18.9 Å². The highest BCUT2D eigenvalue weighted by molar-refractivity contribution is 7.13. The molecule has 1 fully saturated rings. The van der Waals surface area contributed by atoms with Crippen molar-refractivity contribution in [3.05, 3.63) is 106 Å². The number of β-amino-alcohol motifs (C(OH)–C–C–N with tert-alkyl or cyclic N) is 1. The summed E-state index contributed by atoms with van der Waals surface area (Å²) >= 11 is 1.56. The van der Waals surface area contributed by atoms with E-state index in [9.17, 15) is 24.6 Å². The number of nitrogens with zero attached hydrogens (tertiary/aromatic N) is 3. The van der Waals surface area contributed by atoms with E-state index in [1.54, 1.807) is 16.8 Å². The molecule has 0 spiro atoms. The maximum Gasteiger partial charge on any atom is 0.246 e. The third kappa shape index (κ3) is 12.8. The van der Waals surface area contributed by atoms with Crippen LogP contribution in [0, 0.1) is 29.9 Å². The number of thiazole rings is 1. The first-order valence-electron chi connectivity index (χ1n) is 23.9. The molecular formula is C52H66F2N6O9S. The number of benzene rings is 3. The smallest absolute Gasteiger partial charge is 0.246 e. The molecule has 4 heterocycles. The van der Waals surface area contributed by atoms with E-state index in [0.717, 1.165) is 43.9 Å². The lowest BCUT2D eigenvalue weighted by atomic mass is 9.85. The molecular weight excluding hydrogens is 923 g/mol. The molecule has 0 radical (unpaired) electrons. The molecule has 7 rings (SSSR count). The SMILES string of the molecule is Cc1ncsc1-c1ccc(CNC(=O)[C@@H]2C[C@@H](O)CN2C(=O)C(NC(=O)COCCOCCOCCOc2cc(F)c([C@@H]3c4[nH]c5ccccc5c4C[C@@H](C)N3CC(C)CO)c(F)c2)C(C)(C)C)cc1. The Morgan fingerprint density at radius 2 is 1.64 bits per heavy atom. The van der Waals surface area contributed by atoms with Gasteiger partial charge < -0.3 is 49.7 Å². The molecule has 15 nitrogen and oxygen atoms in total. The largest absolute Gasteiger partial charge is 0.491 e. The minimum atomic E-state index is -1.00. The van der Waals surface area contributed by atoms with Gasteiger partial charge in [0.2, 0.25) is 17.7 Å². The normalized spacial score (nSPS) is 19.3. The number of rotatable bonds is 22. The highest BCUT2D eigenvalue weighted by Gasteiger charge is 2.45. The Hall–Kier alpha value is -5.34. The predicted octanol–water partition coefficient (Wildman–Crippen LogP) is 6.08. The highest BCUT2D eigenvalue weighted by atomic mass is 32.1. The lowest BCUT2D eigenvalue weighted by Crippen LogP contribution is -2.58. The van der Waals surface area contributed by atoms with Gasteiger partial charge in [0, 0.05) is 73.0 Å². The van der Waals surface area contributed by atoms with Crippen LogP contribution in [-0.4, -0.2) is 138 Å². The molecule has 1 saturated heterocycles. The van der Waals surface area contributed by atoms with Gasteiger partial charge in [-0.3, -0.25) is 19.3 Å². The molecule has 18 heteroatoms. The molecule has 70 heavy (non-hydrogen) atoms. The monoisotopic (exact) mass is 988 g/mol. The number of hydrogen-bond acceptors (Lipinski definition) is 12. The van der Waals surface area contributed by atoms with Crippen molar-refractivity contribution in [2.24, 2.45) is 11.3 Å². The molecule has 5 N–H and O–H groups in total. The second-order valence-corrected chi connectivity index (χ2v) is 20.2. The van der Waals surface area contributed by atoms with E-state index in [-0.39, 0.29) is 95.6 Å². The summed E-state index contributed by atoms with van der Waals surface area (Å²) in [5, 5.41) is 27.1. The summed E-state index contributed by atoms with van der Waals surface area (Å²) in [6.07, 6.45) is -0.120. The number of carbonyl (C=O) groups excluding carboxylic acids is 3. The van der Waals surface area contributed by atoms with Crippen molar-refractivity contribution >= 4 is 40.0 Å². The predicted molar refractivity (Wildman–Crippen MR) is 262 cm³/mol. The number of halogens is 2. The minimum Gasteiger partial charge on any atom is -0.491 e. The molecule has 378 valence electrons. The van der Waals surface area contributed by atoms with Crippen LogP contribution in [0.2, 0.25) is 0 Å². The van der Waals surface area contributed by atoms with Crippen molar-refractivity contribution in [1.29, 1.82) is 0 Å². The average molecular weight is 989 g/mol. The van der Waals surface area contributed by atoms with Crippen molar-refractivity contribution < 1.29 is 52.3 Å². The lowest BCUT2D eigenvalue weighted by Gasteiger charge is -2.42. The standard InChI is InChI=1S/C52H66F2N6O9S/c1-31(28-61)26-59-32(2)21-39-38-9-7-8-10-42(38)57-46(39)47(59)45-40(53)23-37(24-41(45)54)69-20-19-67-16-15-66-17-18-68-29-44(63)58-49(52(4,5)6)51(65)60-27-36(62)22-43(60)50(64)55-25-34-11-13-35(14-12-34)48-33(3)56-30-70-48/h7-14,23-24,30-32,36,43,47,49,57,61-62H,15-22,25-29H2,1-6H3,(H,55,64)(H,58,63)/t31?,32-,36-,43+,47-,49?/m1/s1. The molecule has 2 unspecified atom stereocenters. The molecule has 3 amide bonds. The van der Waals surface area contributed by atoms with Crippen LogP contribution in [-0.2, 0) is 41.6 Å². The van der Waals surface area contributed by atoms with E-state index >= 15 is 8.78 Å². The molecule has 2 aliphatic heterocycles. The number of likely N-dealkylation sites (tertiary alicyclic amines) is 1. The van der Waals surface area contributed by atoms with E-state index < -0.39 is 59.0 Å². The van der Waals surface area contributed by atoms with Gasteiger partial charge in [0.1, 0.15) is 42.7 Å². The summed E-state index contributed by atoms with van der Waals surface area (Å²) in [4.78, 5) is 52.6. The van der Waals surface area contributed by atoms with Gasteiger partial charge >= 0.3 is 0 Å². The van der Waals surface area contributed by atoms with Gasteiger partial charge in [0.05, 0.1) is 61.3 Å². The molecule has 2 aromatic heterocycles. The zero-order valence-corrected chi connectivity index (χ0v) is 41.6. The van der Waals surface area contributed by atoms with Gasteiger partial charge in [0.15, 0.2) is 0 Å². The Bertz CT molecular complexity index is 2540. The highest BCUT2D eigenvalue weighted by Crippen LogP contribution is 2.43. The van der Waals surface area contributed by atoms with Crippen LogP contribution >= 0.6 is 11.3 Å². The number of ether oxygens (including phenoxy) is 4. The van der Waals surface area contributed by atoms with E-state index in [1.807, 2.05) is 90.1 Å². The lowest BCUT2D eigenvalue weighted by molar-refractivity contribution is -0.144. The summed E-state index contributed by atoms with van der Waals surface area (Å²) in [6, 6.07) is 15.4. The van der Waals surface area contributed by atoms with Gasteiger partial charge in [-0.15, -0.1) is 11.3 Å². The van der Waals surface area contributed by atoms with Gasteiger partial charge in [-0.05, 0) is 54.4 Å². The van der Waals surface area contributed by atoms with Crippen molar-refractivity contribution in [3.8, 4) is 16.2 Å². The fourth-order valence-electron chi connectivity index (χ4n) is 9.23. The number of aryl methyl sites for hydroxylation is 1. The van der Waals surface area contributed by atoms with Crippen LogP contribution in [0.1, 0.15) is 75.2 Å². The molecule has 6 atom stereocenters. The van der Waals surface area contributed by atoms with Crippen LogP contribution in [0.25, 0.3) is 21.3 Å². The first-order valence-corrected chi connectivity index (χ1v) is 24.8. The maximum atomic E-state index is 16.0. The number of nitrogens with one attached hydrogen (secondary N) is 3. The Kier molecular flexibility index (Phi) is 17.8. The summed E-state index contributed by atoms with van der Waals surface area (Å²) in [6.45, 7) is 12.4. The summed E-state index contributed by atoms with van der Waals surface area (Å²) in [5.74, 6) is -2.92. The Labute approximate surface area is 411 Å². The number of aromatic nitrogens is 2. The van der Waals surface area contributed by atoms with Gasteiger partial charge in [-0.2, -0.15) is 0 Å². The van der Waals surface area contributed by atoms with E-state index in [2.05, 4.69) is 25.5 Å². The van der Waals surface area contributed by atoms with Crippen LogP contribution in [0.15, 0.2) is 66.2 Å². The second-order valence-electron chi connectivity index (χ2n) is 19.4. The van der Waals surface area contributed by atoms with E-state index in [1.165, 1.54) is 17.0 Å². The van der Waals surface area contributed by atoms with Crippen LogP contribution in [0.4, 0.5) is 8.78 Å². The zero-order chi connectivity index (χ0) is 50.1. The van der Waals surface area contributed by atoms with Gasteiger partial charge in [-0.25, -0.2) is 13.8 Å². The van der Waals surface area contributed by atoms with Gasteiger partial charge in [0.25, 0.3) is 0 Å². The number of H-pyrrole nitrogens is 1. The molecule has 0 saturated carbocycles. The summed E-state index contributed by atoms with van der Waals surface area (Å²) < 4.78 is 54.4. The maximum absolute atomic E-state index is 16.0. The molecule has 2 aliphatic rings. The molecule has 3 aromatic carbocycles. The second kappa shape index (κ2) is 23.7. The molecule has 0 aliphatic carbocycles. The number of hydrogen-bond donors (Lipinski definition) is 5. The van der Waals surface area contributed by atoms with Crippen molar-refractivity contribution in [1.82, 2.24) is 30.4 Å². The third-order valence-corrected chi connectivity index (χ3v) is 13.8. The number of aromatic amines is 1. The first kappa shape index (κ1) is 52.5. The van der Waals surface area contributed by atoms with Crippen LogP contribution in [0.3, 0.4) is 0 Å². The first-order chi connectivity index (χ1) is 33.5. The fraction of sp³-hybridized carbons (Fsp3) is 0.500. The topological polar surface area (TPSA) is 188 Å². The zero-order valence-electron chi connectivity index (χ0n) is 40.8. The summed E-state index contributed by atoms with van der Waals surface area (Å²) in [7, 11) is 0. The number of para-hydroxylation sites is 1. The van der Waals surface area contributed by atoms with Crippen LogP contribution < -0.4 is 15.4 Å². The Morgan fingerprint density at radius 3 is 2.30 bits per heavy atom. The number of fused-ring (bicyclic) bond motifs is 3. The number of amides is 3. The Balaban J connectivity index is 0.807. The third-order valence-electron chi connectivity index (χ3n) is 12.9. The minimum absolute atomic E-state index is 0.0347. The summed E-state index contributed by atoms with van der Waals surface area (Å²) in [5.41, 5.74) is 6.55. The quantitative estimate of drug-likeness (QED) is 0.0506. The van der Waals surface area contributed by atoms with Crippen molar-refractivity contribution in [2.75, 3.05) is 65.9 Å². The Morgan fingerprint density at radius 1 is 0.971 bits per heavy atom. The van der Waals surface area contributed by atoms with E-state index in [0.29, 0.717) is 13.0 Å². The van der Waals surface area contributed by atoms with Crippen LogP contribution in [0.5, 0.6) is 5.75 Å². The number of aliphatic hydroxyl groups excluding tert-OH is 2.